The third kappa shape index (κ3) is 4.55. The first-order chi connectivity index (χ1) is 15.0. The zero-order valence-electron chi connectivity index (χ0n) is 18.2. The smallest absolute Gasteiger partial charge is 0.228 e. The van der Waals surface area contributed by atoms with Gasteiger partial charge in [0.2, 0.25) is 11.8 Å². The Kier molecular flexibility index (Phi) is 6.21. The van der Waals surface area contributed by atoms with Crippen LogP contribution < -0.4 is 5.32 Å². The predicted molar refractivity (Wildman–Crippen MR) is 122 cm³/mol. The van der Waals surface area contributed by atoms with Gasteiger partial charge in [-0.2, -0.15) is 0 Å². The van der Waals surface area contributed by atoms with Gasteiger partial charge < -0.3 is 10.2 Å². The summed E-state index contributed by atoms with van der Waals surface area (Å²) in [5, 5.41) is 3.03. The molecule has 2 aliphatic rings. The van der Waals surface area contributed by atoms with Crippen molar-refractivity contribution in [2.75, 3.05) is 19.6 Å². The first-order valence-electron chi connectivity index (χ1n) is 11.2. The van der Waals surface area contributed by atoms with Crippen molar-refractivity contribution in [1.29, 1.82) is 0 Å². The van der Waals surface area contributed by atoms with Crippen LogP contribution in [-0.2, 0) is 16.0 Å². The van der Waals surface area contributed by atoms with Crippen LogP contribution in [0.25, 0.3) is 11.1 Å². The molecule has 4 rings (SSSR count). The number of pyridine rings is 1. The lowest BCUT2D eigenvalue weighted by Gasteiger charge is -2.42. The number of carbonyl (C=O) groups is 2. The van der Waals surface area contributed by atoms with Crippen LogP contribution in [0.5, 0.6) is 0 Å². The Labute approximate surface area is 184 Å². The normalized spacial score (nSPS) is 25.0. The summed E-state index contributed by atoms with van der Waals surface area (Å²) < 4.78 is 0. The SMILES string of the molecule is C=CCNC(=O)C1(Cc2ccccc2-c2cccnc2)CCCN(C(=O)C2CC2C)C1. The molecule has 1 aliphatic carbocycles. The third-order valence-corrected chi connectivity index (χ3v) is 6.72. The predicted octanol–water partition coefficient (Wildman–Crippen LogP) is 3.86. The topological polar surface area (TPSA) is 62.3 Å². The Morgan fingerprint density at radius 1 is 1.29 bits per heavy atom. The maximum Gasteiger partial charge on any atom is 0.228 e. The van der Waals surface area contributed by atoms with Crippen LogP contribution in [0.1, 0.15) is 31.7 Å². The second-order valence-electron chi connectivity index (χ2n) is 9.04. The van der Waals surface area contributed by atoms with Crippen LogP contribution in [0.3, 0.4) is 0 Å². The molecule has 0 bridgehead atoms. The van der Waals surface area contributed by atoms with Crippen LogP contribution in [0.15, 0.2) is 61.4 Å². The van der Waals surface area contributed by atoms with E-state index in [1.807, 2.05) is 35.4 Å². The molecular formula is C26H31N3O2. The van der Waals surface area contributed by atoms with Gasteiger partial charge in [0.1, 0.15) is 0 Å². The molecule has 5 heteroatoms. The second kappa shape index (κ2) is 9.04. The van der Waals surface area contributed by atoms with E-state index in [1.54, 1.807) is 12.3 Å². The molecule has 2 heterocycles. The first-order valence-corrected chi connectivity index (χ1v) is 11.2. The van der Waals surface area contributed by atoms with Crippen molar-refractivity contribution in [3.05, 3.63) is 67.0 Å². The van der Waals surface area contributed by atoms with Crippen molar-refractivity contribution in [2.45, 2.75) is 32.6 Å². The molecule has 1 saturated heterocycles. The minimum Gasteiger partial charge on any atom is -0.352 e. The number of amides is 2. The molecule has 0 radical (unpaired) electrons. The Balaban J connectivity index is 1.66. The molecule has 0 spiro atoms. The van der Waals surface area contributed by atoms with Gasteiger partial charge in [-0.15, -0.1) is 6.58 Å². The molecular weight excluding hydrogens is 386 g/mol. The van der Waals surface area contributed by atoms with Crippen LogP contribution in [0, 0.1) is 17.3 Å². The number of nitrogens with zero attached hydrogens (tertiary/aromatic N) is 2. The highest BCUT2D eigenvalue weighted by molar-refractivity contribution is 5.86. The number of hydrogen-bond acceptors (Lipinski definition) is 3. The van der Waals surface area contributed by atoms with Crippen molar-refractivity contribution in [3.63, 3.8) is 0 Å². The summed E-state index contributed by atoms with van der Waals surface area (Å²) in [6.45, 7) is 7.50. The first kappa shape index (κ1) is 21.3. The monoisotopic (exact) mass is 417 g/mol. The van der Waals surface area contributed by atoms with Crippen molar-refractivity contribution in [2.24, 2.45) is 17.3 Å². The van der Waals surface area contributed by atoms with Gasteiger partial charge in [-0.3, -0.25) is 14.6 Å². The Morgan fingerprint density at radius 3 is 2.81 bits per heavy atom. The number of nitrogens with one attached hydrogen (secondary N) is 1. The molecule has 2 amide bonds. The van der Waals surface area contributed by atoms with Gasteiger partial charge in [0, 0.05) is 43.5 Å². The Hall–Kier alpha value is -2.95. The fourth-order valence-electron chi connectivity index (χ4n) is 4.83. The molecule has 162 valence electrons. The van der Waals surface area contributed by atoms with E-state index in [4.69, 9.17) is 0 Å². The van der Waals surface area contributed by atoms with Gasteiger partial charge in [-0.25, -0.2) is 0 Å². The third-order valence-electron chi connectivity index (χ3n) is 6.72. The van der Waals surface area contributed by atoms with E-state index in [0.29, 0.717) is 25.4 Å². The van der Waals surface area contributed by atoms with Crippen molar-refractivity contribution in [1.82, 2.24) is 15.2 Å². The molecule has 1 aromatic heterocycles. The molecule has 3 atom stereocenters. The van der Waals surface area contributed by atoms with E-state index in [0.717, 1.165) is 42.5 Å². The molecule has 1 aliphatic heterocycles. The summed E-state index contributed by atoms with van der Waals surface area (Å²) in [5.74, 6) is 0.822. The van der Waals surface area contributed by atoms with Gasteiger partial charge in [0.05, 0.1) is 5.41 Å². The second-order valence-corrected chi connectivity index (χ2v) is 9.04. The van der Waals surface area contributed by atoms with E-state index in [1.165, 1.54) is 0 Å². The van der Waals surface area contributed by atoms with Gasteiger partial charge in [-0.05, 0) is 48.8 Å². The maximum absolute atomic E-state index is 13.4. The molecule has 1 aromatic carbocycles. The average molecular weight is 418 g/mol. The summed E-state index contributed by atoms with van der Waals surface area (Å²) in [5.41, 5.74) is 2.59. The highest BCUT2D eigenvalue weighted by atomic mass is 16.2. The Bertz CT molecular complexity index is 958. The van der Waals surface area contributed by atoms with Gasteiger partial charge in [0.25, 0.3) is 0 Å². The minimum atomic E-state index is -0.645. The zero-order chi connectivity index (χ0) is 21.8. The van der Waals surface area contributed by atoms with Crippen LogP contribution in [0.2, 0.25) is 0 Å². The fraction of sp³-hybridized carbons (Fsp3) is 0.423. The molecule has 2 fully saturated rings. The highest BCUT2D eigenvalue weighted by Gasteiger charge is 2.47. The number of benzene rings is 1. The lowest BCUT2D eigenvalue weighted by molar-refractivity contribution is -0.142. The molecule has 3 unspecified atom stereocenters. The van der Waals surface area contributed by atoms with E-state index >= 15 is 0 Å². The minimum absolute atomic E-state index is 0.00901. The number of piperidine rings is 1. The van der Waals surface area contributed by atoms with Gasteiger partial charge in [-0.1, -0.05) is 43.3 Å². The highest BCUT2D eigenvalue weighted by Crippen LogP contribution is 2.42. The van der Waals surface area contributed by atoms with Gasteiger partial charge in [0.15, 0.2) is 0 Å². The number of likely N-dealkylation sites (tertiary alicyclic amines) is 1. The lowest BCUT2D eigenvalue weighted by atomic mass is 9.73. The molecule has 1 saturated carbocycles. The fourth-order valence-corrected chi connectivity index (χ4v) is 4.83. The van der Waals surface area contributed by atoms with Crippen LogP contribution in [0.4, 0.5) is 0 Å². The lowest BCUT2D eigenvalue weighted by Crippen LogP contribution is -2.55. The average Bonchev–Trinajstić information content (AvgIpc) is 3.54. The number of hydrogen-bond donors (Lipinski definition) is 1. The maximum atomic E-state index is 13.4. The van der Waals surface area contributed by atoms with Gasteiger partial charge >= 0.3 is 0 Å². The number of rotatable bonds is 7. The number of aromatic nitrogens is 1. The van der Waals surface area contributed by atoms with Crippen molar-refractivity contribution >= 4 is 11.8 Å². The van der Waals surface area contributed by atoms with E-state index in [2.05, 4.69) is 35.9 Å². The summed E-state index contributed by atoms with van der Waals surface area (Å²) in [6.07, 6.45) is 8.48. The summed E-state index contributed by atoms with van der Waals surface area (Å²) in [7, 11) is 0. The van der Waals surface area contributed by atoms with Crippen molar-refractivity contribution < 1.29 is 9.59 Å². The molecule has 31 heavy (non-hydrogen) atoms. The largest absolute Gasteiger partial charge is 0.352 e. The molecule has 2 aromatic rings. The van der Waals surface area contributed by atoms with Crippen molar-refractivity contribution in [3.8, 4) is 11.1 Å². The molecule has 5 nitrogen and oxygen atoms in total. The summed E-state index contributed by atoms with van der Waals surface area (Å²) in [4.78, 5) is 32.7. The summed E-state index contributed by atoms with van der Waals surface area (Å²) >= 11 is 0. The molecule has 1 N–H and O–H groups in total. The van der Waals surface area contributed by atoms with Crippen LogP contribution in [-0.4, -0.2) is 41.3 Å². The van der Waals surface area contributed by atoms with Crippen LogP contribution >= 0.6 is 0 Å². The van der Waals surface area contributed by atoms with E-state index < -0.39 is 5.41 Å². The zero-order valence-corrected chi connectivity index (χ0v) is 18.2. The standard InChI is InChI=1S/C26H31N3O2/c1-3-12-28-25(31)26(11-7-14-29(18-26)24(30)23-15-19(23)2)16-20-8-4-5-10-22(20)21-9-6-13-27-17-21/h3-6,8-10,13,17,19,23H,1,7,11-12,14-16,18H2,2H3,(H,28,31). The Morgan fingerprint density at radius 2 is 2.10 bits per heavy atom. The quantitative estimate of drug-likeness (QED) is 0.696. The summed E-state index contributed by atoms with van der Waals surface area (Å²) in [6, 6.07) is 12.2. The van der Waals surface area contributed by atoms with E-state index in [9.17, 15) is 9.59 Å². The number of carbonyl (C=O) groups excluding carboxylic acids is 2. The van der Waals surface area contributed by atoms with E-state index in [-0.39, 0.29) is 17.7 Å².